The molecule has 0 aromatic heterocycles. The van der Waals surface area contributed by atoms with E-state index in [-0.39, 0.29) is 22.2 Å². The van der Waals surface area contributed by atoms with E-state index >= 15 is 0 Å². The zero-order valence-electron chi connectivity index (χ0n) is 9.98. The van der Waals surface area contributed by atoms with E-state index in [4.69, 9.17) is 16.3 Å². The summed E-state index contributed by atoms with van der Waals surface area (Å²) in [5.41, 5.74) is 0.613. The smallest absolute Gasteiger partial charge is 0.271 e. The maximum atomic E-state index is 13.8. The van der Waals surface area contributed by atoms with Gasteiger partial charge in [-0.2, -0.15) is 0 Å². The number of hydrogen-bond donors (Lipinski definition) is 0. The topological polar surface area (TPSA) is 52.4 Å². The Kier molecular flexibility index (Phi) is 4.57. The molecule has 0 atom stereocenters. The van der Waals surface area contributed by atoms with Crippen LogP contribution in [0.5, 0.6) is 11.5 Å². The van der Waals surface area contributed by atoms with Crippen molar-refractivity contribution in [2.24, 2.45) is 0 Å². The molecule has 0 saturated heterocycles. The predicted molar refractivity (Wildman–Crippen MR) is 77.2 cm³/mol. The van der Waals surface area contributed by atoms with Crippen molar-refractivity contribution in [1.82, 2.24) is 0 Å². The van der Waals surface area contributed by atoms with E-state index in [1.165, 1.54) is 24.3 Å². The van der Waals surface area contributed by atoms with Gasteiger partial charge in [-0.25, -0.2) is 4.39 Å². The van der Waals surface area contributed by atoms with Crippen molar-refractivity contribution in [1.29, 1.82) is 0 Å². The number of hydrogen-bond acceptors (Lipinski definition) is 3. The molecule has 0 radical (unpaired) electrons. The number of ether oxygens (including phenoxy) is 1. The SMILES string of the molecule is O=[N+]([O-])c1ccc(Oc2ccc(CBr)cc2F)c(Cl)c1. The van der Waals surface area contributed by atoms with Crippen LogP contribution >= 0.6 is 27.5 Å². The summed E-state index contributed by atoms with van der Waals surface area (Å²) in [5.74, 6) is -0.371. The third-order valence-electron chi connectivity index (χ3n) is 2.50. The lowest BCUT2D eigenvalue weighted by Crippen LogP contribution is -1.92. The third-order valence-corrected chi connectivity index (χ3v) is 3.44. The van der Waals surface area contributed by atoms with Gasteiger partial charge in [0.05, 0.1) is 9.95 Å². The molecule has 0 aliphatic rings. The van der Waals surface area contributed by atoms with Crippen LogP contribution in [-0.4, -0.2) is 4.92 Å². The van der Waals surface area contributed by atoms with Crippen molar-refractivity contribution < 1.29 is 14.1 Å². The minimum absolute atomic E-state index is 0.00505. The number of non-ortho nitro benzene ring substituents is 1. The number of alkyl halides is 1. The molecule has 104 valence electrons. The molecule has 2 aromatic carbocycles. The van der Waals surface area contributed by atoms with Gasteiger partial charge < -0.3 is 4.74 Å². The van der Waals surface area contributed by atoms with Crippen molar-refractivity contribution in [3.63, 3.8) is 0 Å². The first-order valence-electron chi connectivity index (χ1n) is 5.47. The first kappa shape index (κ1) is 14.7. The second kappa shape index (κ2) is 6.19. The lowest BCUT2D eigenvalue weighted by atomic mass is 10.2. The summed E-state index contributed by atoms with van der Waals surface area (Å²) < 4.78 is 19.1. The van der Waals surface area contributed by atoms with Crippen LogP contribution in [0.1, 0.15) is 5.56 Å². The van der Waals surface area contributed by atoms with Crippen molar-refractivity contribution >= 4 is 33.2 Å². The third kappa shape index (κ3) is 3.26. The fourth-order valence-corrected chi connectivity index (χ4v) is 2.08. The Labute approximate surface area is 127 Å². The van der Waals surface area contributed by atoms with Gasteiger partial charge in [0.25, 0.3) is 5.69 Å². The number of nitro benzene ring substituents is 1. The van der Waals surface area contributed by atoms with Gasteiger partial charge in [0, 0.05) is 17.5 Å². The van der Waals surface area contributed by atoms with Gasteiger partial charge in [0.2, 0.25) is 0 Å². The molecule has 2 aromatic rings. The van der Waals surface area contributed by atoms with Gasteiger partial charge in [-0.15, -0.1) is 0 Å². The van der Waals surface area contributed by atoms with Crippen molar-refractivity contribution in [3.8, 4) is 11.5 Å². The Balaban J connectivity index is 2.28. The van der Waals surface area contributed by atoms with E-state index in [2.05, 4.69) is 15.9 Å². The highest BCUT2D eigenvalue weighted by atomic mass is 79.9. The molecule has 0 heterocycles. The summed E-state index contributed by atoms with van der Waals surface area (Å²) in [6.45, 7) is 0. The van der Waals surface area contributed by atoms with Gasteiger partial charge >= 0.3 is 0 Å². The molecule has 0 fully saturated rings. The van der Waals surface area contributed by atoms with Crippen LogP contribution < -0.4 is 4.74 Å². The maximum Gasteiger partial charge on any atom is 0.271 e. The zero-order chi connectivity index (χ0) is 14.7. The molecular weight excluding hydrogens is 353 g/mol. The second-order valence-electron chi connectivity index (χ2n) is 3.87. The Morgan fingerprint density at radius 2 is 1.95 bits per heavy atom. The van der Waals surface area contributed by atoms with E-state index in [1.54, 1.807) is 6.07 Å². The Hall–Kier alpha value is -1.66. The van der Waals surface area contributed by atoms with E-state index in [0.717, 1.165) is 11.6 Å². The first-order chi connectivity index (χ1) is 9.51. The molecule has 0 unspecified atom stereocenters. The molecule has 7 heteroatoms. The van der Waals surface area contributed by atoms with Crippen molar-refractivity contribution in [2.75, 3.05) is 0 Å². The van der Waals surface area contributed by atoms with E-state index in [1.807, 2.05) is 0 Å². The zero-order valence-corrected chi connectivity index (χ0v) is 12.3. The minimum atomic E-state index is -0.568. The fraction of sp³-hybridized carbons (Fsp3) is 0.0769. The molecule has 0 bridgehead atoms. The van der Waals surface area contributed by atoms with Crippen LogP contribution in [0.4, 0.5) is 10.1 Å². The molecule has 4 nitrogen and oxygen atoms in total. The highest BCUT2D eigenvalue weighted by Crippen LogP contribution is 2.33. The summed E-state index contributed by atoms with van der Waals surface area (Å²) in [7, 11) is 0. The Morgan fingerprint density at radius 3 is 2.50 bits per heavy atom. The van der Waals surface area contributed by atoms with E-state index < -0.39 is 10.7 Å². The summed E-state index contributed by atoms with van der Waals surface area (Å²) in [6, 6.07) is 8.24. The number of rotatable bonds is 4. The highest BCUT2D eigenvalue weighted by molar-refractivity contribution is 9.08. The monoisotopic (exact) mass is 359 g/mol. The summed E-state index contributed by atoms with van der Waals surface area (Å²) >= 11 is 9.10. The quantitative estimate of drug-likeness (QED) is 0.434. The maximum absolute atomic E-state index is 13.8. The van der Waals surface area contributed by atoms with Gasteiger partial charge in [-0.05, 0) is 23.8 Å². The number of halogens is 3. The number of nitro groups is 1. The number of benzene rings is 2. The molecule has 0 amide bonds. The lowest BCUT2D eigenvalue weighted by Gasteiger charge is -2.09. The van der Waals surface area contributed by atoms with E-state index in [0.29, 0.717) is 5.33 Å². The standard InChI is InChI=1S/C13H8BrClFNO3/c14-7-8-1-3-13(11(16)5-8)20-12-4-2-9(17(18)19)6-10(12)15/h1-6H,7H2. The largest absolute Gasteiger partial charge is 0.453 e. The van der Waals surface area contributed by atoms with Gasteiger partial charge in [-0.1, -0.05) is 33.6 Å². The molecule has 20 heavy (non-hydrogen) atoms. The van der Waals surface area contributed by atoms with Crippen LogP contribution in [0, 0.1) is 15.9 Å². The first-order valence-corrected chi connectivity index (χ1v) is 6.97. The molecule has 0 aliphatic heterocycles. The van der Waals surface area contributed by atoms with Crippen LogP contribution in [0.2, 0.25) is 5.02 Å². The van der Waals surface area contributed by atoms with Crippen molar-refractivity contribution in [2.45, 2.75) is 5.33 Å². The lowest BCUT2D eigenvalue weighted by molar-refractivity contribution is -0.384. The van der Waals surface area contributed by atoms with Crippen LogP contribution in [0.3, 0.4) is 0 Å². The van der Waals surface area contributed by atoms with Crippen molar-refractivity contribution in [3.05, 3.63) is 62.9 Å². The molecule has 2 rings (SSSR count). The minimum Gasteiger partial charge on any atom is -0.453 e. The van der Waals surface area contributed by atoms with Gasteiger partial charge in [0.15, 0.2) is 11.6 Å². The molecule has 0 spiro atoms. The van der Waals surface area contributed by atoms with Gasteiger partial charge in [0.1, 0.15) is 5.75 Å². The molecule has 0 aliphatic carbocycles. The van der Waals surface area contributed by atoms with Crippen LogP contribution in [-0.2, 0) is 5.33 Å². The number of nitrogens with zero attached hydrogens (tertiary/aromatic N) is 1. The average molecular weight is 361 g/mol. The van der Waals surface area contributed by atoms with Crippen LogP contribution in [0.15, 0.2) is 36.4 Å². The van der Waals surface area contributed by atoms with Crippen LogP contribution in [0.25, 0.3) is 0 Å². The summed E-state index contributed by atoms with van der Waals surface area (Å²) in [6.07, 6.45) is 0. The molecule has 0 saturated carbocycles. The Bertz CT molecular complexity index is 666. The predicted octanol–water partition coefficient (Wildman–Crippen LogP) is 5.07. The van der Waals surface area contributed by atoms with E-state index in [9.17, 15) is 14.5 Å². The Morgan fingerprint density at radius 1 is 1.25 bits per heavy atom. The highest BCUT2D eigenvalue weighted by Gasteiger charge is 2.12. The second-order valence-corrected chi connectivity index (χ2v) is 4.84. The molecular formula is C13H8BrClFNO3. The fourth-order valence-electron chi connectivity index (χ4n) is 1.51. The summed E-state index contributed by atoms with van der Waals surface area (Å²) in [5, 5.41) is 11.2. The summed E-state index contributed by atoms with van der Waals surface area (Å²) in [4.78, 5) is 10.0. The molecule has 0 N–H and O–H groups in total. The normalized spacial score (nSPS) is 10.3. The van der Waals surface area contributed by atoms with Gasteiger partial charge in [-0.3, -0.25) is 10.1 Å². The average Bonchev–Trinajstić information content (AvgIpc) is 2.42.